The van der Waals surface area contributed by atoms with E-state index in [1.54, 1.807) is 0 Å². The van der Waals surface area contributed by atoms with Gasteiger partial charge in [-0.15, -0.1) is 0 Å². The van der Waals surface area contributed by atoms with Gasteiger partial charge < -0.3 is 9.47 Å². The minimum Gasteiger partial charge on any atom is -0.430 e. The van der Waals surface area contributed by atoms with Gasteiger partial charge in [0.15, 0.2) is 11.4 Å². The number of carbonyl (C=O) groups excluding carboxylic acids is 2. The monoisotopic (exact) mass is 220 g/mol. The zero-order valence-corrected chi connectivity index (χ0v) is 8.25. The molecule has 82 valence electrons. The lowest BCUT2D eigenvalue weighted by Gasteiger charge is -1.99. The van der Waals surface area contributed by atoms with Crippen LogP contribution in [0.5, 0.6) is 0 Å². The fraction of sp³-hybridized carbons (Fsp3) is 0. The Morgan fingerprint density at radius 2 is 1.38 bits per heavy atom. The molecule has 0 amide bonds. The highest BCUT2D eigenvalue weighted by Gasteiger charge is 2.12. The number of carbonyl (C=O) groups is 2. The van der Waals surface area contributed by atoms with Crippen molar-refractivity contribution in [2.75, 3.05) is 0 Å². The maximum Gasteiger partial charge on any atom is 0.363 e. The van der Waals surface area contributed by atoms with Gasteiger partial charge in [0.2, 0.25) is 0 Å². The molecule has 0 aliphatic rings. The fourth-order valence-corrected chi connectivity index (χ4v) is 0.811. The van der Waals surface area contributed by atoms with Gasteiger partial charge in [0.1, 0.15) is 0 Å². The van der Waals surface area contributed by atoms with E-state index in [4.69, 9.17) is 0 Å². The molecule has 16 heavy (non-hydrogen) atoms. The van der Waals surface area contributed by atoms with Gasteiger partial charge in [-0.1, -0.05) is 13.2 Å². The first kappa shape index (κ1) is 11.6. The summed E-state index contributed by atoms with van der Waals surface area (Å²) in [6, 6.07) is 0. The van der Waals surface area contributed by atoms with Gasteiger partial charge in [0.25, 0.3) is 0 Å². The van der Waals surface area contributed by atoms with E-state index in [1.165, 1.54) is 0 Å². The predicted molar refractivity (Wildman–Crippen MR) is 53.3 cm³/mol. The van der Waals surface area contributed by atoms with Crippen LogP contribution in [0.2, 0.25) is 0 Å². The lowest BCUT2D eigenvalue weighted by atomic mass is 10.4. The van der Waals surface area contributed by atoms with Gasteiger partial charge in [0.05, 0.1) is 24.9 Å². The molecule has 0 unspecified atom stereocenters. The number of nitrogens with zero attached hydrogens (tertiary/aromatic N) is 2. The summed E-state index contributed by atoms with van der Waals surface area (Å²) in [5.41, 5.74) is -0.0647. The van der Waals surface area contributed by atoms with E-state index in [1.807, 2.05) is 0 Å². The van der Waals surface area contributed by atoms with E-state index in [9.17, 15) is 9.59 Å². The molecule has 0 atom stereocenters. The van der Waals surface area contributed by atoms with Crippen molar-refractivity contribution in [1.82, 2.24) is 9.97 Å². The van der Waals surface area contributed by atoms with Crippen molar-refractivity contribution < 1.29 is 19.1 Å². The van der Waals surface area contributed by atoms with Crippen molar-refractivity contribution in [3.05, 3.63) is 49.5 Å². The summed E-state index contributed by atoms with van der Waals surface area (Å²) in [7, 11) is 0. The van der Waals surface area contributed by atoms with Crippen LogP contribution in [0.4, 0.5) is 0 Å². The molecule has 6 nitrogen and oxygen atoms in total. The van der Waals surface area contributed by atoms with Crippen LogP contribution < -0.4 is 0 Å². The van der Waals surface area contributed by atoms with E-state index in [0.29, 0.717) is 0 Å². The van der Waals surface area contributed by atoms with Crippen molar-refractivity contribution in [2.45, 2.75) is 0 Å². The first-order valence-electron chi connectivity index (χ1n) is 4.15. The standard InChI is InChI=1S/C10H8N2O4/c1-3-15-9(13)7-5-12-8(6-11-7)10(14)16-4-2/h3-6H,1-2H2. The van der Waals surface area contributed by atoms with Gasteiger partial charge in [-0.25, -0.2) is 19.6 Å². The van der Waals surface area contributed by atoms with Gasteiger partial charge in [-0.05, 0) is 0 Å². The summed E-state index contributed by atoms with van der Waals surface area (Å²) < 4.78 is 8.93. The number of ether oxygens (including phenoxy) is 2. The number of esters is 2. The van der Waals surface area contributed by atoms with E-state index < -0.39 is 11.9 Å². The van der Waals surface area contributed by atoms with Crippen LogP contribution in [0.3, 0.4) is 0 Å². The Hall–Kier alpha value is -2.50. The minimum absolute atomic E-state index is 0.0324. The van der Waals surface area contributed by atoms with Crippen LogP contribution in [0.15, 0.2) is 38.1 Å². The van der Waals surface area contributed by atoms with Crippen LogP contribution in [0, 0.1) is 0 Å². The molecule has 6 heteroatoms. The Bertz CT molecular complexity index is 384. The normalized spacial score (nSPS) is 9.00. The topological polar surface area (TPSA) is 78.4 Å². The lowest BCUT2D eigenvalue weighted by molar-refractivity contribution is 0.0639. The third kappa shape index (κ3) is 2.74. The van der Waals surface area contributed by atoms with Gasteiger partial charge in [0, 0.05) is 0 Å². The smallest absolute Gasteiger partial charge is 0.363 e. The molecule has 1 aromatic rings. The SMILES string of the molecule is C=COC(=O)c1cnc(C(=O)OC=C)cn1. The summed E-state index contributed by atoms with van der Waals surface area (Å²) in [6.07, 6.45) is 4.16. The van der Waals surface area contributed by atoms with Crippen molar-refractivity contribution >= 4 is 11.9 Å². The molecule has 1 aromatic heterocycles. The molecule has 0 aliphatic heterocycles. The first-order chi connectivity index (χ1) is 7.69. The molecule has 0 aliphatic carbocycles. The van der Waals surface area contributed by atoms with Crippen molar-refractivity contribution in [1.29, 1.82) is 0 Å². The predicted octanol–water partition coefficient (Wildman–Crippen LogP) is 1.08. The molecule has 0 bridgehead atoms. The quantitative estimate of drug-likeness (QED) is 0.558. The maximum absolute atomic E-state index is 11.1. The number of aromatic nitrogens is 2. The second-order valence-corrected chi connectivity index (χ2v) is 2.43. The summed E-state index contributed by atoms with van der Waals surface area (Å²) in [5, 5.41) is 0. The van der Waals surface area contributed by atoms with Gasteiger partial charge in [-0.2, -0.15) is 0 Å². The summed E-state index contributed by atoms with van der Waals surface area (Å²) in [6.45, 7) is 6.44. The molecule has 0 spiro atoms. The number of rotatable bonds is 4. The Kier molecular flexibility index (Phi) is 3.90. The van der Waals surface area contributed by atoms with Crippen LogP contribution in [0.25, 0.3) is 0 Å². The number of hydrogen-bond acceptors (Lipinski definition) is 6. The highest BCUT2D eigenvalue weighted by Crippen LogP contribution is 2.00. The molecule has 0 saturated heterocycles. The molecule has 1 heterocycles. The lowest BCUT2D eigenvalue weighted by Crippen LogP contribution is -2.09. The Balaban J connectivity index is 2.82. The van der Waals surface area contributed by atoms with E-state index >= 15 is 0 Å². The van der Waals surface area contributed by atoms with Crippen LogP contribution >= 0.6 is 0 Å². The highest BCUT2D eigenvalue weighted by molar-refractivity contribution is 5.89. The van der Waals surface area contributed by atoms with Crippen molar-refractivity contribution in [3.63, 3.8) is 0 Å². The third-order valence-corrected chi connectivity index (χ3v) is 1.45. The average molecular weight is 220 g/mol. The zero-order chi connectivity index (χ0) is 12.0. The van der Waals surface area contributed by atoms with Crippen LogP contribution in [-0.4, -0.2) is 21.9 Å². The minimum atomic E-state index is -0.703. The largest absolute Gasteiger partial charge is 0.430 e. The Labute approximate surface area is 91.2 Å². The van der Waals surface area contributed by atoms with Crippen LogP contribution in [0.1, 0.15) is 21.0 Å². The molecule has 0 saturated carbocycles. The molecular weight excluding hydrogens is 212 g/mol. The Morgan fingerprint density at radius 3 is 1.62 bits per heavy atom. The maximum atomic E-state index is 11.1. The summed E-state index contributed by atoms with van der Waals surface area (Å²) >= 11 is 0. The number of hydrogen-bond donors (Lipinski definition) is 0. The van der Waals surface area contributed by atoms with Crippen LogP contribution in [-0.2, 0) is 9.47 Å². The van der Waals surface area contributed by atoms with Crippen molar-refractivity contribution in [3.8, 4) is 0 Å². The highest BCUT2D eigenvalue weighted by atomic mass is 16.5. The fourth-order valence-electron chi connectivity index (χ4n) is 0.811. The molecule has 0 radical (unpaired) electrons. The first-order valence-corrected chi connectivity index (χ1v) is 4.15. The van der Waals surface area contributed by atoms with E-state index in [0.717, 1.165) is 24.9 Å². The Morgan fingerprint density at radius 1 is 1.00 bits per heavy atom. The molecule has 0 fully saturated rings. The molecule has 1 rings (SSSR count). The summed E-state index contributed by atoms with van der Waals surface area (Å²) in [5.74, 6) is -1.41. The van der Waals surface area contributed by atoms with Crippen molar-refractivity contribution in [2.24, 2.45) is 0 Å². The second kappa shape index (κ2) is 5.40. The molecule has 0 N–H and O–H groups in total. The third-order valence-electron chi connectivity index (χ3n) is 1.45. The van der Waals surface area contributed by atoms with Gasteiger partial charge in [-0.3, -0.25) is 0 Å². The summed E-state index contributed by atoms with van der Waals surface area (Å²) in [4.78, 5) is 29.6. The molecular formula is C10H8N2O4. The second-order valence-electron chi connectivity index (χ2n) is 2.43. The van der Waals surface area contributed by atoms with E-state index in [2.05, 4.69) is 32.6 Å². The molecule has 0 aromatic carbocycles. The van der Waals surface area contributed by atoms with E-state index in [-0.39, 0.29) is 11.4 Å². The van der Waals surface area contributed by atoms with Gasteiger partial charge >= 0.3 is 11.9 Å². The average Bonchev–Trinajstić information content (AvgIpc) is 2.30. The zero-order valence-electron chi connectivity index (χ0n) is 8.25.